The van der Waals surface area contributed by atoms with Gasteiger partial charge in [-0.15, -0.1) is 0 Å². The van der Waals surface area contributed by atoms with Crippen LogP contribution in [0.25, 0.3) is 0 Å². The molecule has 0 aromatic carbocycles. The van der Waals surface area contributed by atoms with E-state index in [1.54, 1.807) is 0 Å². The Morgan fingerprint density at radius 3 is 0.772 bits per heavy atom. The average molecular weight is 1350 g/mol. The van der Waals surface area contributed by atoms with Crippen LogP contribution in [0.3, 0.4) is 0 Å². The number of esters is 4. The molecule has 546 valence electrons. The molecule has 7 atom stereocenters. The van der Waals surface area contributed by atoms with Crippen molar-refractivity contribution in [1.82, 2.24) is 0 Å². The SMILES string of the molecule is CCC(C)CCCCCCCCCCCCC(=O)O[C@H](COC(=O)CCCCCCCCCCCCCCC(C)C)COP(=O)(O)OC[C@@H](O)COP(=O)(O)OC[C@@H](COC(=O)CCCCCCCCC(C)C)OC(=O)CCCCCCCCCCCCC(C)CC. The van der Waals surface area contributed by atoms with Gasteiger partial charge in [0, 0.05) is 25.7 Å². The molecule has 0 spiro atoms. The molecule has 0 radical (unpaired) electrons. The zero-order valence-electron chi connectivity index (χ0n) is 60.2. The Morgan fingerprint density at radius 2 is 0.522 bits per heavy atom. The maximum Gasteiger partial charge on any atom is 0.472 e. The van der Waals surface area contributed by atoms with E-state index in [1.807, 2.05) is 0 Å². The van der Waals surface area contributed by atoms with Crippen LogP contribution in [-0.4, -0.2) is 96.7 Å². The van der Waals surface area contributed by atoms with Crippen molar-refractivity contribution in [2.45, 2.75) is 382 Å². The van der Waals surface area contributed by atoms with Gasteiger partial charge in [0.15, 0.2) is 12.2 Å². The summed E-state index contributed by atoms with van der Waals surface area (Å²) >= 11 is 0. The Morgan fingerprint density at radius 1 is 0.304 bits per heavy atom. The first-order valence-corrected chi connectivity index (χ1v) is 40.8. The van der Waals surface area contributed by atoms with Crippen LogP contribution in [0, 0.1) is 23.7 Å². The molecule has 17 nitrogen and oxygen atoms in total. The van der Waals surface area contributed by atoms with Gasteiger partial charge >= 0.3 is 39.5 Å². The molecule has 0 aliphatic rings. The maximum atomic E-state index is 13.1. The summed E-state index contributed by atoms with van der Waals surface area (Å²) in [7, 11) is -9.91. The molecule has 0 saturated heterocycles. The van der Waals surface area contributed by atoms with Crippen LogP contribution in [0.4, 0.5) is 0 Å². The molecule has 0 aliphatic heterocycles. The number of ether oxygens (including phenoxy) is 4. The fourth-order valence-corrected chi connectivity index (χ4v) is 12.5. The predicted octanol–water partition coefficient (Wildman–Crippen LogP) is 20.9. The number of aliphatic hydroxyl groups is 1. The fourth-order valence-electron chi connectivity index (χ4n) is 11.0. The molecule has 0 bridgehead atoms. The van der Waals surface area contributed by atoms with Crippen LogP contribution in [0.5, 0.6) is 0 Å². The highest BCUT2D eigenvalue weighted by Gasteiger charge is 2.30. The van der Waals surface area contributed by atoms with Gasteiger partial charge in [-0.3, -0.25) is 37.3 Å². The molecule has 3 N–H and O–H groups in total. The third kappa shape index (κ3) is 64.1. The quantitative estimate of drug-likeness (QED) is 0.0222. The van der Waals surface area contributed by atoms with E-state index in [9.17, 15) is 43.2 Å². The van der Waals surface area contributed by atoms with Gasteiger partial charge in [0.25, 0.3) is 0 Å². The molecular weight excluding hydrogens is 1210 g/mol. The highest BCUT2D eigenvalue weighted by molar-refractivity contribution is 7.47. The van der Waals surface area contributed by atoms with Crippen molar-refractivity contribution in [2.75, 3.05) is 39.6 Å². The lowest BCUT2D eigenvalue weighted by molar-refractivity contribution is -0.161. The number of phosphoric ester groups is 2. The van der Waals surface area contributed by atoms with E-state index in [-0.39, 0.29) is 25.7 Å². The lowest BCUT2D eigenvalue weighted by Gasteiger charge is -2.21. The minimum absolute atomic E-state index is 0.105. The second-order valence-electron chi connectivity index (χ2n) is 27.8. The van der Waals surface area contributed by atoms with Crippen LogP contribution in [0.1, 0.15) is 364 Å². The van der Waals surface area contributed by atoms with E-state index in [4.69, 9.17) is 37.0 Å². The number of aliphatic hydroxyl groups excluding tert-OH is 1. The molecule has 4 unspecified atom stereocenters. The van der Waals surface area contributed by atoms with Crippen molar-refractivity contribution in [3.63, 3.8) is 0 Å². The number of phosphoric acid groups is 2. The van der Waals surface area contributed by atoms with E-state index < -0.39 is 97.5 Å². The van der Waals surface area contributed by atoms with Crippen LogP contribution in [0.15, 0.2) is 0 Å². The number of rotatable bonds is 70. The summed E-state index contributed by atoms with van der Waals surface area (Å²) in [4.78, 5) is 72.7. The third-order valence-electron chi connectivity index (χ3n) is 17.5. The van der Waals surface area contributed by atoms with Crippen molar-refractivity contribution in [2.24, 2.45) is 23.7 Å². The Labute approximate surface area is 562 Å². The number of hydrogen-bond donors (Lipinski definition) is 3. The number of hydrogen-bond acceptors (Lipinski definition) is 15. The summed E-state index contributed by atoms with van der Waals surface area (Å²) < 4.78 is 68.4. The summed E-state index contributed by atoms with van der Waals surface area (Å²) in [5.74, 6) is 0.941. The third-order valence-corrected chi connectivity index (χ3v) is 19.4. The van der Waals surface area contributed by atoms with Crippen molar-refractivity contribution >= 4 is 39.5 Å². The standard InChI is InChI=1S/C73H142O17P2/c1-9-65(7)51-43-35-26-20-15-17-23-29-39-47-55-72(77)89-68(59-83-70(75)53-45-37-28-22-14-12-11-13-19-25-33-41-49-63(3)4)61-87-91(79,80)85-57-67(74)58-86-92(81,82)88-62-69(60-84-71(76)54-46-38-32-31-34-42-50-64(5)6)90-73(78)56-48-40-30-24-18-16-21-27-36-44-52-66(8)10-2/h63-69,74H,9-62H2,1-8H3,(H,79,80)(H,81,82)/t65?,66?,67-,68-,69-/m1/s1. The highest BCUT2D eigenvalue weighted by Crippen LogP contribution is 2.45. The molecule has 0 saturated carbocycles. The number of carbonyl (C=O) groups is 4. The summed E-state index contributed by atoms with van der Waals surface area (Å²) in [5.41, 5.74) is 0. The first kappa shape index (κ1) is 90.1. The van der Waals surface area contributed by atoms with E-state index in [0.29, 0.717) is 31.6 Å². The Hall–Kier alpha value is -1.94. The number of unbranched alkanes of at least 4 members (excludes halogenated alkanes) is 34. The van der Waals surface area contributed by atoms with Gasteiger partial charge in [0.2, 0.25) is 0 Å². The van der Waals surface area contributed by atoms with Crippen LogP contribution in [-0.2, 0) is 65.4 Å². The molecular formula is C73H142O17P2. The van der Waals surface area contributed by atoms with Gasteiger partial charge in [0.05, 0.1) is 26.4 Å². The molecule has 0 aromatic heterocycles. The lowest BCUT2D eigenvalue weighted by atomic mass is 9.99. The normalized spacial score (nSPS) is 14.8. The molecule has 0 rings (SSSR count). The van der Waals surface area contributed by atoms with Crippen molar-refractivity contribution in [3.05, 3.63) is 0 Å². The minimum atomic E-state index is -4.96. The Bertz CT molecular complexity index is 1820. The smallest absolute Gasteiger partial charge is 0.462 e. The van der Waals surface area contributed by atoms with E-state index >= 15 is 0 Å². The minimum Gasteiger partial charge on any atom is -0.462 e. The summed E-state index contributed by atoms with van der Waals surface area (Å²) in [6.07, 6.45) is 45.8. The first-order valence-electron chi connectivity index (χ1n) is 37.8. The van der Waals surface area contributed by atoms with Gasteiger partial charge < -0.3 is 33.8 Å². The second-order valence-corrected chi connectivity index (χ2v) is 30.7. The molecule has 0 fully saturated rings. The van der Waals surface area contributed by atoms with Gasteiger partial charge in [-0.2, -0.15) is 0 Å². The van der Waals surface area contributed by atoms with Crippen molar-refractivity contribution < 1.29 is 80.2 Å². The predicted molar refractivity (Wildman–Crippen MR) is 372 cm³/mol. The molecule has 0 heterocycles. The number of carbonyl (C=O) groups excluding carboxylic acids is 4. The first-order chi connectivity index (χ1) is 44.2. The van der Waals surface area contributed by atoms with E-state index in [1.165, 1.54) is 161 Å². The lowest BCUT2D eigenvalue weighted by Crippen LogP contribution is -2.30. The van der Waals surface area contributed by atoms with Gasteiger partial charge in [-0.1, -0.05) is 312 Å². The van der Waals surface area contributed by atoms with E-state index in [0.717, 1.165) is 114 Å². The molecule has 19 heteroatoms. The zero-order valence-corrected chi connectivity index (χ0v) is 62.0. The topological polar surface area (TPSA) is 237 Å². The van der Waals surface area contributed by atoms with Gasteiger partial charge in [0.1, 0.15) is 19.3 Å². The van der Waals surface area contributed by atoms with Crippen LogP contribution >= 0.6 is 15.6 Å². The van der Waals surface area contributed by atoms with Crippen molar-refractivity contribution in [1.29, 1.82) is 0 Å². The largest absolute Gasteiger partial charge is 0.472 e. The highest BCUT2D eigenvalue weighted by atomic mass is 31.2. The van der Waals surface area contributed by atoms with Gasteiger partial charge in [-0.25, -0.2) is 9.13 Å². The average Bonchev–Trinajstić information content (AvgIpc) is 3.68. The summed E-state index contributed by atoms with van der Waals surface area (Å²) in [5, 5.41) is 10.6. The molecule has 0 aliphatic carbocycles. The zero-order chi connectivity index (χ0) is 68.2. The van der Waals surface area contributed by atoms with Crippen LogP contribution < -0.4 is 0 Å². The second kappa shape index (κ2) is 62.6. The summed E-state index contributed by atoms with van der Waals surface area (Å²) in [6.45, 7) is 14.2. The van der Waals surface area contributed by atoms with Gasteiger partial charge in [-0.05, 0) is 49.4 Å². The summed E-state index contributed by atoms with van der Waals surface area (Å²) in [6, 6.07) is 0. The van der Waals surface area contributed by atoms with Crippen LogP contribution in [0.2, 0.25) is 0 Å². The monoisotopic (exact) mass is 1350 g/mol. The van der Waals surface area contributed by atoms with Crippen molar-refractivity contribution in [3.8, 4) is 0 Å². The molecule has 0 aromatic rings. The maximum absolute atomic E-state index is 13.1. The van der Waals surface area contributed by atoms with E-state index in [2.05, 4.69) is 55.4 Å². The molecule has 92 heavy (non-hydrogen) atoms. The Balaban J connectivity index is 5.26. The molecule has 0 amide bonds. The fraction of sp³-hybridized carbons (Fsp3) is 0.945. The Kier molecular flexibility index (Phi) is 61.3.